The van der Waals surface area contributed by atoms with Gasteiger partial charge in [-0.3, -0.25) is 9.59 Å². The number of aliphatic imine (C=N–C) groups is 1. The quantitative estimate of drug-likeness (QED) is 0.0408. The molecule has 0 aliphatic carbocycles. The number of carboxylic acid groups (broad SMARTS) is 1. The summed E-state index contributed by atoms with van der Waals surface area (Å²) in [6.07, 6.45) is -0.681. The molecule has 3 aromatic carbocycles. The molecule has 0 saturated heterocycles. The van der Waals surface area contributed by atoms with E-state index in [0.717, 1.165) is 11.1 Å². The van der Waals surface area contributed by atoms with Gasteiger partial charge in [0, 0.05) is 19.4 Å². The van der Waals surface area contributed by atoms with E-state index in [0.29, 0.717) is 5.56 Å². The Morgan fingerprint density at radius 2 is 1.23 bits per heavy atom. The third kappa shape index (κ3) is 13.3. The van der Waals surface area contributed by atoms with Crippen LogP contribution in [0.5, 0.6) is 0 Å². The van der Waals surface area contributed by atoms with E-state index in [1.165, 1.54) is 0 Å². The smallest absolute Gasteiger partial charge is 0.408 e. The molecule has 15 nitrogen and oxygen atoms in total. The predicted octanol–water partition coefficient (Wildman–Crippen LogP) is 1.70. The monoisotopic (exact) mass is 647 g/mol. The number of benzene rings is 3. The minimum atomic E-state index is -1.36. The number of carbonyl (C=O) groups is 4. The van der Waals surface area contributed by atoms with Crippen molar-refractivity contribution in [2.45, 2.75) is 50.4 Å². The maximum atomic E-state index is 13.7. The summed E-state index contributed by atoms with van der Waals surface area (Å²) in [6.45, 7) is -0.0597. The Kier molecular flexibility index (Phi) is 14.1. The molecule has 15 heteroatoms. The number of aliphatic carboxylic acids is 1. The second-order valence-corrected chi connectivity index (χ2v) is 10.4. The van der Waals surface area contributed by atoms with Gasteiger partial charge in [-0.1, -0.05) is 96.4 Å². The molecule has 7 N–H and O–H groups in total. The summed E-state index contributed by atoms with van der Waals surface area (Å²) in [6, 6.07) is 23.1. The molecule has 0 aromatic heterocycles. The highest BCUT2D eigenvalue weighted by Gasteiger charge is 2.30. The fraction of sp³-hybridized carbons (Fsp3) is 0.281. The Hall–Kier alpha value is -5.99. The van der Waals surface area contributed by atoms with Crippen molar-refractivity contribution >= 4 is 29.8 Å². The van der Waals surface area contributed by atoms with Crippen LogP contribution in [-0.4, -0.2) is 64.6 Å². The summed E-state index contributed by atoms with van der Waals surface area (Å²) in [4.78, 5) is 66.1. The minimum Gasteiger partial charge on any atom is -0.480 e. The second-order valence-electron chi connectivity index (χ2n) is 10.4. The Morgan fingerprint density at radius 1 is 0.766 bits per heavy atom. The van der Waals surface area contributed by atoms with Gasteiger partial charge in [0.25, 0.3) is 5.96 Å². The molecule has 0 fully saturated rings. The lowest BCUT2D eigenvalue weighted by atomic mass is 10.0. The van der Waals surface area contributed by atoms with E-state index in [-0.39, 0.29) is 38.8 Å². The number of hydrogen-bond acceptors (Lipinski definition) is 8. The lowest BCUT2D eigenvalue weighted by Crippen LogP contribution is -2.57. The molecule has 0 radical (unpaired) electrons. The van der Waals surface area contributed by atoms with Crippen LogP contribution in [0.25, 0.3) is 0 Å². The normalized spacial score (nSPS) is 12.9. The highest BCUT2D eigenvalue weighted by molar-refractivity contribution is 5.93. The number of ether oxygens (including phenoxy) is 1. The standard InChI is InChI=1S/C32H37N7O8/c33-31(38-39(45)46)34-18-10-17-25(30(42)43)35-28(40)26(19-22-11-4-1-5-12-22)36-29(41)27(20-23-13-6-2-7-14-23)37-32(44)47-21-24-15-8-3-9-16-24/h1-9,11-16,25-27H,10,17-21H2,(H,35,40)(H,36,41)(H,37,44)(H,42,43)(H3,33,34,38). The Morgan fingerprint density at radius 3 is 1.72 bits per heavy atom. The lowest BCUT2D eigenvalue weighted by molar-refractivity contribution is -0.525. The molecule has 3 atom stereocenters. The average Bonchev–Trinajstić information content (AvgIpc) is 3.05. The highest BCUT2D eigenvalue weighted by atomic mass is 16.7. The summed E-state index contributed by atoms with van der Waals surface area (Å²) in [5.74, 6) is -3.22. The average molecular weight is 648 g/mol. The molecule has 3 rings (SSSR count). The Balaban J connectivity index is 1.74. The van der Waals surface area contributed by atoms with Crippen molar-refractivity contribution in [2.75, 3.05) is 6.54 Å². The molecule has 3 unspecified atom stereocenters. The lowest BCUT2D eigenvalue weighted by Gasteiger charge is -2.25. The second kappa shape index (κ2) is 18.7. The van der Waals surface area contributed by atoms with E-state index in [1.54, 1.807) is 84.3 Å². The third-order valence-electron chi connectivity index (χ3n) is 6.77. The number of hydrogen-bond donors (Lipinski definition) is 6. The number of alkyl carbamates (subject to hydrolysis) is 1. The molecule has 0 bridgehead atoms. The molecule has 47 heavy (non-hydrogen) atoms. The van der Waals surface area contributed by atoms with E-state index in [2.05, 4.69) is 20.9 Å². The fourth-order valence-corrected chi connectivity index (χ4v) is 4.45. The number of hydrazine groups is 1. The van der Waals surface area contributed by atoms with Gasteiger partial charge in [-0.15, -0.1) is 0 Å². The topological polar surface area (TPSA) is 227 Å². The van der Waals surface area contributed by atoms with Gasteiger partial charge < -0.3 is 31.5 Å². The number of nitro groups is 1. The number of carbonyl (C=O) groups excluding carboxylic acids is 3. The van der Waals surface area contributed by atoms with Crippen molar-refractivity contribution in [3.05, 3.63) is 118 Å². The molecule has 0 aliphatic rings. The predicted molar refractivity (Wildman–Crippen MR) is 171 cm³/mol. The van der Waals surface area contributed by atoms with Gasteiger partial charge in [-0.05, 0) is 29.5 Å². The van der Waals surface area contributed by atoms with E-state index in [1.807, 2.05) is 12.1 Å². The van der Waals surface area contributed by atoms with Crippen LogP contribution in [-0.2, 0) is 38.6 Å². The molecular formula is C32H37N7O8. The van der Waals surface area contributed by atoms with Gasteiger partial charge in [-0.2, -0.15) is 0 Å². The van der Waals surface area contributed by atoms with E-state index < -0.39 is 53.0 Å². The summed E-state index contributed by atoms with van der Waals surface area (Å²) >= 11 is 0. The summed E-state index contributed by atoms with van der Waals surface area (Å²) < 4.78 is 5.33. The van der Waals surface area contributed by atoms with Crippen molar-refractivity contribution in [3.63, 3.8) is 0 Å². The Labute approximate surface area is 270 Å². The fourth-order valence-electron chi connectivity index (χ4n) is 4.45. The number of guanidine groups is 1. The van der Waals surface area contributed by atoms with E-state index >= 15 is 0 Å². The zero-order valence-corrected chi connectivity index (χ0v) is 25.4. The van der Waals surface area contributed by atoms with E-state index in [9.17, 15) is 34.4 Å². The first-order chi connectivity index (χ1) is 22.6. The van der Waals surface area contributed by atoms with Gasteiger partial charge in [-0.25, -0.2) is 24.7 Å². The van der Waals surface area contributed by atoms with Gasteiger partial charge in [0.15, 0.2) is 5.03 Å². The van der Waals surface area contributed by atoms with Gasteiger partial charge in [0.05, 0.1) is 0 Å². The maximum Gasteiger partial charge on any atom is 0.408 e. The van der Waals surface area contributed by atoms with E-state index in [4.69, 9.17) is 10.5 Å². The largest absolute Gasteiger partial charge is 0.480 e. The summed E-state index contributed by atoms with van der Waals surface area (Å²) in [7, 11) is 0. The van der Waals surface area contributed by atoms with Crippen molar-refractivity contribution in [2.24, 2.45) is 10.7 Å². The van der Waals surface area contributed by atoms with Crippen molar-refractivity contribution in [3.8, 4) is 0 Å². The number of nitrogens with one attached hydrogen (secondary N) is 4. The van der Waals surface area contributed by atoms with Crippen molar-refractivity contribution in [1.82, 2.24) is 21.4 Å². The first-order valence-electron chi connectivity index (χ1n) is 14.7. The van der Waals surface area contributed by atoms with Crippen molar-refractivity contribution in [1.29, 1.82) is 0 Å². The van der Waals surface area contributed by atoms with Crippen LogP contribution in [0.4, 0.5) is 4.79 Å². The molecule has 3 amide bonds. The number of amides is 3. The molecule has 0 saturated carbocycles. The Bertz CT molecular complexity index is 1510. The van der Waals surface area contributed by atoms with Crippen LogP contribution in [0.2, 0.25) is 0 Å². The zero-order chi connectivity index (χ0) is 34.0. The minimum absolute atomic E-state index is 0.0217. The first kappa shape index (κ1) is 35.5. The summed E-state index contributed by atoms with van der Waals surface area (Å²) in [5.41, 5.74) is 9.24. The van der Waals surface area contributed by atoms with Crippen LogP contribution >= 0.6 is 0 Å². The van der Waals surface area contributed by atoms with Crippen LogP contribution in [0.3, 0.4) is 0 Å². The summed E-state index contributed by atoms with van der Waals surface area (Å²) in [5, 5.41) is 27.1. The molecular weight excluding hydrogens is 610 g/mol. The van der Waals surface area contributed by atoms with Crippen LogP contribution in [0.15, 0.2) is 96.0 Å². The maximum absolute atomic E-state index is 13.7. The number of carboxylic acids is 1. The van der Waals surface area contributed by atoms with Crippen LogP contribution < -0.4 is 27.1 Å². The highest BCUT2D eigenvalue weighted by Crippen LogP contribution is 2.09. The third-order valence-corrected chi connectivity index (χ3v) is 6.77. The molecule has 0 spiro atoms. The molecule has 0 heterocycles. The molecule has 3 aromatic rings. The van der Waals surface area contributed by atoms with Gasteiger partial charge >= 0.3 is 12.1 Å². The SMILES string of the molecule is NC(=NCCCC(NC(=O)C(Cc1ccccc1)NC(=O)C(Cc1ccccc1)NC(=O)OCc1ccccc1)C(=O)O)N[N+](=O)[O-]. The van der Waals surface area contributed by atoms with Gasteiger partial charge in [0.2, 0.25) is 11.8 Å². The number of rotatable bonds is 17. The first-order valence-corrected chi connectivity index (χ1v) is 14.7. The number of nitrogens with two attached hydrogens (primary N) is 1. The number of nitrogens with zero attached hydrogens (tertiary/aromatic N) is 2. The molecule has 248 valence electrons. The zero-order valence-electron chi connectivity index (χ0n) is 25.4. The van der Waals surface area contributed by atoms with Crippen LogP contribution in [0, 0.1) is 10.1 Å². The molecule has 0 aliphatic heterocycles. The van der Waals surface area contributed by atoms with Crippen molar-refractivity contribution < 1.29 is 34.1 Å². The van der Waals surface area contributed by atoms with Gasteiger partial charge in [0.1, 0.15) is 24.7 Å². The van der Waals surface area contributed by atoms with Crippen LogP contribution in [0.1, 0.15) is 29.5 Å².